The Morgan fingerprint density at radius 2 is 1.94 bits per heavy atom. The Balaban J connectivity index is 1.82. The van der Waals surface area contributed by atoms with Crippen LogP contribution in [0.1, 0.15) is 11.1 Å². The normalized spacial score (nSPS) is 10.3. The van der Waals surface area contributed by atoms with E-state index in [-0.39, 0.29) is 5.91 Å². The highest BCUT2D eigenvalue weighted by Gasteiger charge is 2.02. The van der Waals surface area contributed by atoms with E-state index in [0.29, 0.717) is 19.6 Å². The fourth-order valence-corrected chi connectivity index (χ4v) is 1.73. The summed E-state index contributed by atoms with van der Waals surface area (Å²) >= 11 is 0. The molecule has 0 saturated heterocycles. The molecule has 0 bridgehead atoms. The SMILES string of the molecule is NCc1ccn(CC(=O)NCc2ccccc2)c1. The lowest BCUT2D eigenvalue weighted by Gasteiger charge is -2.06. The molecular weight excluding hydrogens is 226 g/mol. The van der Waals surface area contributed by atoms with Crippen LogP contribution in [-0.2, 0) is 24.4 Å². The van der Waals surface area contributed by atoms with Crippen LogP contribution in [0.3, 0.4) is 0 Å². The van der Waals surface area contributed by atoms with E-state index in [9.17, 15) is 4.79 Å². The molecule has 2 rings (SSSR count). The summed E-state index contributed by atoms with van der Waals surface area (Å²) in [5, 5.41) is 2.88. The van der Waals surface area contributed by atoms with Crippen LogP contribution < -0.4 is 11.1 Å². The number of carbonyl (C=O) groups is 1. The summed E-state index contributed by atoms with van der Waals surface area (Å²) in [5.74, 6) is -0.00183. The van der Waals surface area contributed by atoms with Crippen LogP contribution in [0, 0.1) is 0 Å². The summed E-state index contributed by atoms with van der Waals surface area (Å²) in [5.41, 5.74) is 7.65. The minimum Gasteiger partial charge on any atom is -0.350 e. The van der Waals surface area contributed by atoms with Gasteiger partial charge < -0.3 is 15.6 Å². The molecule has 0 fully saturated rings. The van der Waals surface area contributed by atoms with Crippen molar-refractivity contribution in [3.63, 3.8) is 0 Å². The van der Waals surface area contributed by atoms with E-state index in [1.807, 2.05) is 53.4 Å². The molecule has 4 nitrogen and oxygen atoms in total. The Bertz CT molecular complexity index is 505. The number of nitrogens with zero attached hydrogens (tertiary/aromatic N) is 1. The standard InChI is InChI=1S/C14H17N3O/c15-8-13-6-7-17(10-13)11-14(18)16-9-12-4-2-1-3-5-12/h1-7,10H,8-9,11,15H2,(H,16,18). The average Bonchev–Trinajstić information content (AvgIpc) is 2.85. The fraction of sp³-hybridized carbons (Fsp3) is 0.214. The highest BCUT2D eigenvalue weighted by Crippen LogP contribution is 2.00. The van der Waals surface area contributed by atoms with E-state index in [1.165, 1.54) is 0 Å². The first-order chi connectivity index (χ1) is 8.78. The highest BCUT2D eigenvalue weighted by molar-refractivity contribution is 5.75. The topological polar surface area (TPSA) is 60.0 Å². The van der Waals surface area contributed by atoms with E-state index in [1.54, 1.807) is 0 Å². The number of amides is 1. The molecule has 0 atom stereocenters. The summed E-state index contributed by atoms with van der Waals surface area (Å²) in [6, 6.07) is 11.8. The Kier molecular flexibility index (Phi) is 4.15. The maximum atomic E-state index is 11.7. The Morgan fingerprint density at radius 3 is 2.61 bits per heavy atom. The predicted molar refractivity (Wildman–Crippen MR) is 70.6 cm³/mol. The van der Waals surface area contributed by atoms with E-state index in [4.69, 9.17) is 5.73 Å². The lowest BCUT2D eigenvalue weighted by Crippen LogP contribution is -2.26. The van der Waals surface area contributed by atoms with Crippen LogP contribution in [0.5, 0.6) is 0 Å². The van der Waals surface area contributed by atoms with E-state index in [2.05, 4.69) is 5.32 Å². The van der Waals surface area contributed by atoms with Crippen molar-refractivity contribution in [2.75, 3.05) is 0 Å². The molecule has 0 radical (unpaired) electrons. The number of hydrogen-bond acceptors (Lipinski definition) is 2. The second-order valence-electron chi connectivity index (χ2n) is 4.16. The van der Waals surface area contributed by atoms with E-state index >= 15 is 0 Å². The Morgan fingerprint density at radius 1 is 1.17 bits per heavy atom. The van der Waals surface area contributed by atoms with Crippen LogP contribution in [0.2, 0.25) is 0 Å². The third kappa shape index (κ3) is 3.46. The first-order valence-corrected chi connectivity index (χ1v) is 5.93. The second-order valence-corrected chi connectivity index (χ2v) is 4.16. The van der Waals surface area contributed by atoms with Crippen molar-refractivity contribution < 1.29 is 4.79 Å². The van der Waals surface area contributed by atoms with Crippen molar-refractivity contribution in [1.82, 2.24) is 9.88 Å². The minimum atomic E-state index is -0.00183. The van der Waals surface area contributed by atoms with Crippen molar-refractivity contribution >= 4 is 5.91 Å². The zero-order valence-electron chi connectivity index (χ0n) is 10.2. The molecule has 0 saturated carbocycles. The number of nitrogens with one attached hydrogen (secondary N) is 1. The van der Waals surface area contributed by atoms with Gasteiger partial charge in [-0.15, -0.1) is 0 Å². The summed E-state index contributed by atoms with van der Waals surface area (Å²) in [7, 11) is 0. The molecular formula is C14H17N3O. The predicted octanol–water partition coefficient (Wildman–Crippen LogP) is 1.26. The molecule has 0 aliphatic carbocycles. The monoisotopic (exact) mass is 243 g/mol. The van der Waals surface area contributed by atoms with Crippen molar-refractivity contribution in [2.24, 2.45) is 5.73 Å². The molecule has 94 valence electrons. The third-order valence-electron chi connectivity index (χ3n) is 2.71. The molecule has 0 spiro atoms. The second kappa shape index (κ2) is 6.02. The number of hydrogen-bond donors (Lipinski definition) is 2. The van der Waals surface area contributed by atoms with Crippen LogP contribution in [0.25, 0.3) is 0 Å². The third-order valence-corrected chi connectivity index (χ3v) is 2.71. The van der Waals surface area contributed by atoms with Gasteiger partial charge in [0, 0.05) is 25.5 Å². The molecule has 0 aliphatic rings. The van der Waals surface area contributed by atoms with Crippen LogP contribution in [-0.4, -0.2) is 10.5 Å². The molecule has 1 aromatic carbocycles. The van der Waals surface area contributed by atoms with Gasteiger partial charge in [-0.3, -0.25) is 4.79 Å². The van der Waals surface area contributed by atoms with Gasteiger partial charge in [-0.25, -0.2) is 0 Å². The molecule has 18 heavy (non-hydrogen) atoms. The lowest BCUT2D eigenvalue weighted by molar-refractivity contribution is -0.121. The maximum absolute atomic E-state index is 11.7. The number of rotatable bonds is 5. The van der Waals surface area contributed by atoms with Gasteiger partial charge in [0.15, 0.2) is 0 Å². The van der Waals surface area contributed by atoms with Crippen LogP contribution in [0.4, 0.5) is 0 Å². The van der Waals surface area contributed by atoms with Gasteiger partial charge in [0.25, 0.3) is 0 Å². The minimum absolute atomic E-state index is 0.00183. The molecule has 1 aromatic heterocycles. The Hall–Kier alpha value is -2.07. The van der Waals surface area contributed by atoms with Gasteiger partial charge in [0.2, 0.25) is 5.91 Å². The van der Waals surface area contributed by atoms with Gasteiger partial charge in [-0.2, -0.15) is 0 Å². The zero-order valence-corrected chi connectivity index (χ0v) is 10.2. The summed E-state index contributed by atoms with van der Waals surface area (Å²) in [6.07, 6.45) is 3.76. The van der Waals surface area contributed by atoms with Crippen LogP contribution >= 0.6 is 0 Å². The number of aromatic nitrogens is 1. The Labute approximate surface area is 106 Å². The van der Waals surface area contributed by atoms with Gasteiger partial charge >= 0.3 is 0 Å². The first-order valence-electron chi connectivity index (χ1n) is 5.93. The highest BCUT2D eigenvalue weighted by atomic mass is 16.1. The number of benzene rings is 1. The summed E-state index contributed by atoms with van der Waals surface area (Å²) < 4.78 is 1.84. The maximum Gasteiger partial charge on any atom is 0.240 e. The molecule has 4 heteroatoms. The first kappa shape index (κ1) is 12.4. The van der Waals surface area contributed by atoms with E-state index in [0.717, 1.165) is 11.1 Å². The summed E-state index contributed by atoms with van der Waals surface area (Å²) in [6.45, 7) is 1.39. The molecule has 2 aromatic rings. The average molecular weight is 243 g/mol. The fourth-order valence-electron chi connectivity index (χ4n) is 1.73. The van der Waals surface area contributed by atoms with Crippen molar-refractivity contribution in [3.8, 4) is 0 Å². The van der Waals surface area contributed by atoms with Crippen LogP contribution in [0.15, 0.2) is 48.8 Å². The molecule has 0 aliphatic heterocycles. The zero-order chi connectivity index (χ0) is 12.8. The van der Waals surface area contributed by atoms with Crippen molar-refractivity contribution in [2.45, 2.75) is 19.6 Å². The molecule has 3 N–H and O–H groups in total. The molecule has 0 unspecified atom stereocenters. The van der Waals surface area contributed by atoms with E-state index < -0.39 is 0 Å². The lowest BCUT2D eigenvalue weighted by atomic mass is 10.2. The van der Waals surface area contributed by atoms with Gasteiger partial charge in [0.05, 0.1) is 0 Å². The summed E-state index contributed by atoms with van der Waals surface area (Å²) in [4.78, 5) is 11.7. The van der Waals surface area contributed by atoms with Crippen molar-refractivity contribution in [1.29, 1.82) is 0 Å². The van der Waals surface area contributed by atoms with Gasteiger partial charge in [0.1, 0.15) is 6.54 Å². The van der Waals surface area contributed by atoms with Crippen molar-refractivity contribution in [3.05, 3.63) is 59.9 Å². The number of nitrogens with two attached hydrogens (primary N) is 1. The van der Waals surface area contributed by atoms with Gasteiger partial charge in [-0.05, 0) is 17.2 Å². The largest absolute Gasteiger partial charge is 0.350 e. The quantitative estimate of drug-likeness (QED) is 0.830. The smallest absolute Gasteiger partial charge is 0.240 e. The number of carbonyl (C=O) groups excluding carboxylic acids is 1. The molecule has 1 heterocycles. The van der Waals surface area contributed by atoms with Gasteiger partial charge in [-0.1, -0.05) is 30.3 Å². The molecule has 1 amide bonds.